The fourth-order valence-corrected chi connectivity index (χ4v) is 3.17. The van der Waals surface area contributed by atoms with Crippen LogP contribution in [-0.2, 0) is 13.1 Å². The van der Waals surface area contributed by atoms with Crippen LogP contribution in [-0.4, -0.2) is 39.3 Å². The van der Waals surface area contributed by atoms with E-state index < -0.39 is 0 Å². The lowest BCUT2D eigenvalue weighted by Gasteiger charge is -2.15. The normalized spacial score (nSPS) is 16.1. The molecule has 0 spiro atoms. The molecule has 1 N–H and O–H groups in total. The van der Waals surface area contributed by atoms with Gasteiger partial charge in [-0.3, -0.25) is 4.90 Å². The summed E-state index contributed by atoms with van der Waals surface area (Å²) in [5, 5.41) is 9.17. The first kappa shape index (κ1) is 14.5. The number of aryl methyl sites for hydroxylation is 3. The van der Waals surface area contributed by atoms with Gasteiger partial charge in [0.25, 0.3) is 0 Å². The lowest BCUT2D eigenvalue weighted by atomic mass is 10.1. The molecule has 0 amide bonds. The van der Waals surface area contributed by atoms with E-state index >= 15 is 0 Å². The molecule has 1 aromatic carbocycles. The number of benzene rings is 1. The predicted octanol–water partition coefficient (Wildman–Crippen LogP) is 2.63. The van der Waals surface area contributed by atoms with Crippen LogP contribution in [0, 0.1) is 13.8 Å². The average Bonchev–Trinajstić information content (AvgIpc) is 3.06. The first-order valence-electron chi connectivity index (χ1n) is 7.98. The van der Waals surface area contributed by atoms with Crippen molar-refractivity contribution in [2.24, 2.45) is 0 Å². The van der Waals surface area contributed by atoms with Gasteiger partial charge in [-0.05, 0) is 69.5 Å². The van der Waals surface area contributed by atoms with Gasteiger partial charge in [0, 0.05) is 13.2 Å². The van der Waals surface area contributed by atoms with Gasteiger partial charge in [-0.2, -0.15) is 0 Å². The maximum absolute atomic E-state index is 9.17. The molecule has 1 aromatic heterocycles. The topological polar surface area (TPSA) is 41.3 Å². The Bertz CT molecular complexity index is 626. The maximum Gasteiger partial charge on any atom is 0.124 e. The van der Waals surface area contributed by atoms with Gasteiger partial charge >= 0.3 is 0 Å². The smallest absolute Gasteiger partial charge is 0.124 e. The van der Waals surface area contributed by atoms with E-state index in [9.17, 15) is 0 Å². The van der Waals surface area contributed by atoms with Crippen LogP contribution in [0.4, 0.5) is 0 Å². The molecule has 21 heavy (non-hydrogen) atoms. The first-order chi connectivity index (χ1) is 10.2. The molecule has 0 bridgehead atoms. The van der Waals surface area contributed by atoms with Gasteiger partial charge < -0.3 is 9.67 Å². The van der Waals surface area contributed by atoms with Gasteiger partial charge in [0.1, 0.15) is 5.82 Å². The summed E-state index contributed by atoms with van der Waals surface area (Å²) in [6, 6.07) is 4.43. The second-order valence-corrected chi connectivity index (χ2v) is 6.17. The first-order valence-corrected chi connectivity index (χ1v) is 7.98. The lowest BCUT2D eigenvalue weighted by molar-refractivity contribution is 0.276. The van der Waals surface area contributed by atoms with Crippen LogP contribution < -0.4 is 0 Å². The fraction of sp³-hybridized carbons (Fsp3) is 0.588. The molecule has 0 radical (unpaired) electrons. The van der Waals surface area contributed by atoms with Gasteiger partial charge in [-0.25, -0.2) is 4.98 Å². The Balaban J connectivity index is 1.99. The average molecular weight is 287 g/mol. The van der Waals surface area contributed by atoms with E-state index in [2.05, 4.69) is 35.4 Å². The molecule has 1 saturated heterocycles. The minimum Gasteiger partial charge on any atom is -0.396 e. The third kappa shape index (κ3) is 2.97. The zero-order valence-electron chi connectivity index (χ0n) is 13.1. The van der Waals surface area contributed by atoms with E-state index in [1.54, 1.807) is 0 Å². The standard InChI is InChI=1S/C17H25N3O/c1-13-10-15-16(11-14(13)2)20(8-5-9-21)17(18-15)12-19-6-3-4-7-19/h10-11,21H,3-9,12H2,1-2H3. The fourth-order valence-electron chi connectivity index (χ4n) is 3.17. The highest BCUT2D eigenvalue weighted by Crippen LogP contribution is 2.23. The van der Waals surface area contributed by atoms with E-state index in [0.29, 0.717) is 0 Å². The van der Waals surface area contributed by atoms with Gasteiger partial charge in [0.15, 0.2) is 0 Å². The minimum absolute atomic E-state index is 0.230. The monoisotopic (exact) mass is 287 g/mol. The summed E-state index contributed by atoms with van der Waals surface area (Å²) >= 11 is 0. The molecule has 1 aliphatic heterocycles. The van der Waals surface area contributed by atoms with Crippen LogP contribution in [0.2, 0.25) is 0 Å². The number of imidazole rings is 1. The number of nitrogens with zero attached hydrogens (tertiary/aromatic N) is 3. The number of aliphatic hydroxyl groups excluding tert-OH is 1. The van der Waals surface area contributed by atoms with Crippen molar-refractivity contribution >= 4 is 11.0 Å². The van der Waals surface area contributed by atoms with E-state index in [4.69, 9.17) is 10.1 Å². The summed E-state index contributed by atoms with van der Waals surface area (Å²) in [5.41, 5.74) is 4.90. The second kappa shape index (κ2) is 6.16. The SMILES string of the molecule is Cc1cc2nc(CN3CCCC3)n(CCCO)c2cc1C. The number of fused-ring (bicyclic) bond motifs is 1. The molecular weight excluding hydrogens is 262 g/mol. The Morgan fingerprint density at radius 1 is 1.14 bits per heavy atom. The maximum atomic E-state index is 9.17. The van der Waals surface area contributed by atoms with Gasteiger partial charge in [0.05, 0.1) is 17.6 Å². The molecule has 3 rings (SSSR count). The number of likely N-dealkylation sites (tertiary alicyclic amines) is 1. The summed E-state index contributed by atoms with van der Waals surface area (Å²) in [4.78, 5) is 7.35. The van der Waals surface area contributed by atoms with E-state index in [0.717, 1.165) is 30.9 Å². The highest BCUT2D eigenvalue weighted by atomic mass is 16.3. The quantitative estimate of drug-likeness (QED) is 0.919. The van der Waals surface area contributed by atoms with Gasteiger partial charge in [-0.15, -0.1) is 0 Å². The van der Waals surface area contributed by atoms with Crippen molar-refractivity contribution in [1.29, 1.82) is 0 Å². The third-order valence-electron chi connectivity index (χ3n) is 4.55. The largest absolute Gasteiger partial charge is 0.396 e. The van der Waals surface area contributed by atoms with Crippen molar-refractivity contribution in [2.75, 3.05) is 19.7 Å². The van der Waals surface area contributed by atoms with Crippen LogP contribution in [0.5, 0.6) is 0 Å². The summed E-state index contributed by atoms with van der Waals surface area (Å²) in [7, 11) is 0. The van der Waals surface area contributed by atoms with Gasteiger partial charge in [0.2, 0.25) is 0 Å². The summed E-state index contributed by atoms with van der Waals surface area (Å²) in [6.45, 7) is 8.66. The predicted molar refractivity (Wildman–Crippen MR) is 85.4 cm³/mol. The molecule has 2 aromatic rings. The Labute approximate surface area is 126 Å². The van der Waals surface area contributed by atoms with Crippen LogP contribution in [0.1, 0.15) is 36.2 Å². The van der Waals surface area contributed by atoms with Crippen molar-refractivity contribution < 1.29 is 5.11 Å². The molecule has 4 nitrogen and oxygen atoms in total. The van der Waals surface area contributed by atoms with Crippen LogP contribution in [0.3, 0.4) is 0 Å². The van der Waals surface area contributed by atoms with Crippen molar-refractivity contribution in [3.63, 3.8) is 0 Å². The molecule has 0 atom stereocenters. The molecule has 0 saturated carbocycles. The van der Waals surface area contributed by atoms with Crippen molar-refractivity contribution in [1.82, 2.24) is 14.5 Å². The number of aromatic nitrogens is 2. The Kier molecular flexibility index (Phi) is 4.27. The molecule has 0 unspecified atom stereocenters. The van der Waals surface area contributed by atoms with E-state index in [1.807, 2.05) is 0 Å². The van der Waals surface area contributed by atoms with Gasteiger partial charge in [-0.1, -0.05) is 0 Å². The minimum atomic E-state index is 0.230. The molecule has 114 valence electrons. The zero-order chi connectivity index (χ0) is 14.8. The van der Waals surface area contributed by atoms with E-state index in [1.165, 1.54) is 42.6 Å². The summed E-state index contributed by atoms with van der Waals surface area (Å²) in [6.07, 6.45) is 3.38. The molecule has 4 heteroatoms. The molecular formula is C17H25N3O. The number of hydrogen-bond acceptors (Lipinski definition) is 3. The van der Waals surface area contributed by atoms with Crippen LogP contribution in [0.15, 0.2) is 12.1 Å². The number of aliphatic hydroxyl groups is 1. The Morgan fingerprint density at radius 3 is 2.57 bits per heavy atom. The van der Waals surface area contributed by atoms with Crippen LogP contribution >= 0.6 is 0 Å². The van der Waals surface area contributed by atoms with Crippen LogP contribution in [0.25, 0.3) is 11.0 Å². The summed E-state index contributed by atoms with van der Waals surface area (Å²) in [5.74, 6) is 1.14. The Morgan fingerprint density at radius 2 is 1.86 bits per heavy atom. The van der Waals surface area contributed by atoms with E-state index in [-0.39, 0.29) is 6.61 Å². The molecule has 1 aliphatic rings. The molecule has 2 heterocycles. The molecule has 1 fully saturated rings. The summed E-state index contributed by atoms with van der Waals surface area (Å²) < 4.78 is 2.30. The Hall–Kier alpha value is -1.39. The lowest BCUT2D eigenvalue weighted by Crippen LogP contribution is -2.21. The number of hydrogen-bond donors (Lipinski definition) is 1. The highest BCUT2D eigenvalue weighted by molar-refractivity contribution is 5.78. The molecule has 0 aliphatic carbocycles. The van der Waals surface area contributed by atoms with Crippen molar-refractivity contribution in [3.05, 3.63) is 29.1 Å². The van der Waals surface area contributed by atoms with Crippen molar-refractivity contribution in [2.45, 2.75) is 46.2 Å². The highest BCUT2D eigenvalue weighted by Gasteiger charge is 2.17. The number of rotatable bonds is 5. The van der Waals surface area contributed by atoms with Crippen molar-refractivity contribution in [3.8, 4) is 0 Å². The second-order valence-electron chi connectivity index (χ2n) is 6.17. The zero-order valence-corrected chi connectivity index (χ0v) is 13.1. The third-order valence-corrected chi connectivity index (χ3v) is 4.55.